The third kappa shape index (κ3) is 4.69. The number of benzene rings is 1. The summed E-state index contributed by atoms with van der Waals surface area (Å²) in [5.41, 5.74) is 2.73. The first kappa shape index (κ1) is 15.0. The van der Waals surface area contributed by atoms with Crippen molar-refractivity contribution >= 4 is 0 Å². The van der Waals surface area contributed by atoms with Crippen LogP contribution in [0, 0.1) is 6.92 Å². The van der Waals surface area contributed by atoms with Crippen LogP contribution in [0.5, 0.6) is 5.75 Å². The first-order valence-corrected chi connectivity index (χ1v) is 6.96. The van der Waals surface area contributed by atoms with E-state index < -0.39 is 0 Å². The van der Waals surface area contributed by atoms with Crippen LogP contribution in [-0.4, -0.2) is 19.7 Å². The van der Waals surface area contributed by atoms with Gasteiger partial charge in [-0.2, -0.15) is 0 Å². The predicted octanol–water partition coefficient (Wildman–Crippen LogP) is 3.89. The highest BCUT2D eigenvalue weighted by Crippen LogP contribution is 2.24. The Morgan fingerprint density at radius 2 is 1.94 bits per heavy atom. The van der Waals surface area contributed by atoms with Crippen LogP contribution in [0.25, 0.3) is 0 Å². The van der Waals surface area contributed by atoms with Crippen LogP contribution in [0.15, 0.2) is 18.2 Å². The molecule has 0 aliphatic rings. The average molecular weight is 249 g/mol. The lowest BCUT2D eigenvalue weighted by Crippen LogP contribution is -2.15. The third-order valence-electron chi connectivity index (χ3n) is 3.24. The van der Waals surface area contributed by atoms with Gasteiger partial charge in [0, 0.05) is 0 Å². The van der Waals surface area contributed by atoms with Crippen LogP contribution in [0.3, 0.4) is 0 Å². The van der Waals surface area contributed by atoms with E-state index in [-0.39, 0.29) is 6.10 Å². The van der Waals surface area contributed by atoms with E-state index in [1.165, 1.54) is 11.1 Å². The Bertz CT molecular complexity index is 360. The van der Waals surface area contributed by atoms with Gasteiger partial charge >= 0.3 is 0 Å². The Hall–Kier alpha value is -1.02. The largest absolute Gasteiger partial charge is 0.491 e. The lowest BCUT2D eigenvalue weighted by molar-refractivity contribution is 0.207. The molecule has 18 heavy (non-hydrogen) atoms. The molecule has 1 aromatic carbocycles. The minimum Gasteiger partial charge on any atom is -0.491 e. The third-order valence-corrected chi connectivity index (χ3v) is 3.24. The molecule has 0 radical (unpaired) electrons. The first-order valence-electron chi connectivity index (χ1n) is 6.96. The zero-order valence-corrected chi connectivity index (χ0v) is 12.4. The van der Waals surface area contributed by atoms with Crippen molar-refractivity contribution in [1.82, 2.24) is 5.32 Å². The lowest BCUT2D eigenvalue weighted by Gasteiger charge is -2.17. The molecular weight excluding hydrogens is 222 g/mol. The zero-order chi connectivity index (χ0) is 13.5. The monoisotopic (exact) mass is 249 g/mol. The van der Waals surface area contributed by atoms with Gasteiger partial charge in [0.25, 0.3) is 0 Å². The first-order chi connectivity index (χ1) is 8.54. The summed E-state index contributed by atoms with van der Waals surface area (Å²) in [4.78, 5) is 0. The lowest BCUT2D eigenvalue weighted by atomic mass is 9.98. The average Bonchev–Trinajstić information content (AvgIpc) is 2.28. The molecule has 0 heterocycles. The Kier molecular flexibility index (Phi) is 6.20. The van der Waals surface area contributed by atoms with Crippen LogP contribution in [0.2, 0.25) is 0 Å². The predicted molar refractivity (Wildman–Crippen MR) is 78.5 cm³/mol. The molecule has 1 unspecified atom stereocenters. The van der Waals surface area contributed by atoms with Crippen molar-refractivity contribution in [3.05, 3.63) is 29.3 Å². The maximum atomic E-state index is 5.95. The molecule has 0 aliphatic carbocycles. The van der Waals surface area contributed by atoms with Gasteiger partial charge in [-0.05, 0) is 69.5 Å². The molecule has 0 fully saturated rings. The van der Waals surface area contributed by atoms with Gasteiger partial charge < -0.3 is 10.1 Å². The van der Waals surface area contributed by atoms with Gasteiger partial charge in [0.2, 0.25) is 0 Å². The van der Waals surface area contributed by atoms with Crippen LogP contribution in [0.1, 0.15) is 50.7 Å². The quantitative estimate of drug-likeness (QED) is 0.740. The molecule has 1 N–H and O–H groups in total. The van der Waals surface area contributed by atoms with Crippen molar-refractivity contribution in [2.45, 2.75) is 52.6 Å². The maximum Gasteiger partial charge on any atom is 0.119 e. The summed E-state index contributed by atoms with van der Waals surface area (Å²) >= 11 is 0. The fraction of sp³-hybridized carbons (Fsp3) is 0.625. The fourth-order valence-corrected chi connectivity index (χ4v) is 2.23. The molecule has 0 amide bonds. The summed E-state index contributed by atoms with van der Waals surface area (Å²) in [5.74, 6) is 1.57. The SMILES string of the molecule is CNCCCC(C)Oc1ccc(C(C)C)c(C)c1. The molecule has 1 atom stereocenters. The zero-order valence-electron chi connectivity index (χ0n) is 12.4. The Morgan fingerprint density at radius 3 is 2.50 bits per heavy atom. The van der Waals surface area contributed by atoms with Gasteiger partial charge in [-0.3, -0.25) is 0 Å². The molecule has 0 bridgehead atoms. The topological polar surface area (TPSA) is 21.3 Å². The van der Waals surface area contributed by atoms with Crippen molar-refractivity contribution in [1.29, 1.82) is 0 Å². The van der Waals surface area contributed by atoms with Crippen molar-refractivity contribution in [3.8, 4) is 5.75 Å². The summed E-state index contributed by atoms with van der Waals surface area (Å²) < 4.78 is 5.95. The molecule has 1 rings (SSSR count). The Labute approximate surface area is 112 Å². The number of hydrogen-bond donors (Lipinski definition) is 1. The summed E-state index contributed by atoms with van der Waals surface area (Å²) in [6, 6.07) is 6.44. The van der Waals surface area contributed by atoms with Gasteiger partial charge in [0.15, 0.2) is 0 Å². The second-order valence-corrected chi connectivity index (χ2v) is 5.35. The highest BCUT2D eigenvalue weighted by atomic mass is 16.5. The highest BCUT2D eigenvalue weighted by Gasteiger charge is 2.07. The fourth-order valence-electron chi connectivity index (χ4n) is 2.23. The van der Waals surface area contributed by atoms with Crippen molar-refractivity contribution in [3.63, 3.8) is 0 Å². The number of aryl methyl sites for hydroxylation is 1. The van der Waals surface area contributed by atoms with Crippen molar-refractivity contribution in [2.24, 2.45) is 0 Å². The molecule has 0 spiro atoms. The summed E-state index contributed by atoms with van der Waals surface area (Å²) in [6.45, 7) is 9.81. The van der Waals surface area contributed by atoms with Crippen LogP contribution >= 0.6 is 0 Å². The van der Waals surface area contributed by atoms with Crippen LogP contribution < -0.4 is 10.1 Å². The van der Waals surface area contributed by atoms with E-state index in [0.29, 0.717) is 5.92 Å². The molecule has 2 heteroatoms. The van der Waals surface area contributed by atoms with Gasteiger partial charge in [0.05, 0.1) is 6.10 Å². The van der Waals surface area contributed by atoms with Gasteiger partial charge in [-0.15, -0.1) is 0 Å². The number of nitrogens with one attached hydrogen (secondary N) is 1. The standard InChI is InChI=1S/C16H27NO/c1-12(2)16-9-8-15(11-13(16)3)18-14(4)7-6-10-17-5/h8-9,11-12,14,17H,6-7,10H2,1-5H3. The summed E-state index contributed by atoms with van der Waals surface area (Å²) in [7, 11) is 1.99. The van der Waals surface area contributed by atoms with E-state index in [1.54, 1.807) is 0 Å². The maximum absolute atomic E-state index is 5.95. The Balaban J connectivity index is 2.55. The molecule has 102 valence electrons. The highest BCUT2D eigenvalue weighted by molar-refractivity contribution is 5.36. The smallest absolute Gasteiger partial charge is 0.119 e. The molecule has 0 aromatic heterocycles. The molecule has 2 nitrogen and oxygen atoms in total. The van der Waals surface area contributed by atoms with Crippen molar-refractivity contribution < 1.29 is 4.74 Å². The second-order valence-electron chi connectivity index (χ2n) is 5.35. The summed E-state index contributed by atoms with van der Waals surface area (Å²) in [5, 5.41) is 3.16. The van der Waals surface area contributed by atoms with Crippen molar-refractivity contribution in [2.75, 3.05) is 13.6 Å². The second kappa shape index (κ2) is 7.42. The van der Waals surface area contributed by atoms with Gasteiger partial charge in [-0.25, -0.2) is 0 Å². The molecule has 0 saturated carbocycles. The summed E-state index contributed by atoms with van der Waals surface area (Å²) in [6.07, 6.45) is 2.52. The van der Waals surface area contributed by atoms with E-state index >= 15 is 0 Å². The van der Waals surface area contributed by atoms with Crippen LogP contribution in [-0.2, 0) is 0 Å². The number of hydrogen-bond acceptors (Lipinski definition) is 2. The molecular formula is C16H27NO. The Morgan fingerprint density at radius 1 is 1.22 bits per heavy atom. The van der Waals surface area contributed by atoms with E-state index in [2.05, 4.69) is 51.2 Å². The van der Waals surface area contributed by atoms with E-state index in [1.807, 2.05) is 7.05 Å². The van der Waals surface area contributed by atoms with E-state index in [4.69, 9.17) is 4.74 Å². The number of rotatable bonds is 7. The van der Waals surface area contributed by atoms with Crippen LogP contribution in [0.4, 0.5) is 0 Å². The minimum absolute atomic E-state index is 0.280. The van der Waals surface area contributed by atoms with E-state index in [9.17, 15) is 0 Å². The van der Waals surface area contributed by atoms with E-state index in [0.717, 1.165) is 25.1 Å². The minimum atomic E-state index is 0.280. The molecule has 0 aliphatic heterocycles. The molecule has 0 saturated heterocycles. The number of ether oxygens (including phenoxy) is 1. The van der Waals surface area contributed by atoms with Gasteiger partial charge in [-0.1, -0.05) is 19.9 Å². The van der Waals surface area contributed by atoms with Gasteiger partial charge in [0.1, 0.15) is 5.75 Å². The normalized spacial score (nSPS) is 12.8. The molecule has 1 aromatic rings.